The Morgan fingerprint density at radius 3 is 2.88 bits per heavy atom. The number of hydrogen-bond acceptors (Lipinski definition) is 4. The highest BCUT2D eigenvalue weighted by atomic mass is 32.2. The van der Waals surface area contributed by atoms with Crippen LogP contribution in [0.4, 0.5) is 0 Å². The highest BCUT2D eigenvalue weighted by Gasteiger charge is 2.22. The number of nitriles is 1. The monoisotopic (exact) mass is 256 g/mol. The van der Waals surface area contributed by atoms with E-state index in [0.29, 0.717) is 25.9 Å². The fourth-order valence-electron chi connectivity index (χ4n) is 1.37. The van der Waals surface area contributed by atoms with Crippen molar-refractivity contribution in [1.29, 1.82) is 5.26 Å². The molecular formula is C10H16N4O2S. The highest BCUT2D eigenvalue weighted by molar-refractivity contribution is 7.90. The van der Waals surface area contributed by atoms with E-state index in [-0.39, 0.29) is 0 Å². The third-order valence-electron chi connectivity index (χ3n) is 2.32. The Kier molecular flexibility index (Phi) is 5.12. The first-order valence-electron chi connectivity index (χ1n) is 5.45. The molecule has 0 aliphatic heterocycles. The standard InChI is InChI=1S/C10H16N4O2S/c1-2-10(9-11)17(15,16)13-6-4-8-14-7-3-5-12-14/h3,5,7,10,13H,2,4,6,8H2,1H3. The molecule has 1 N–H and O–H groups in total. The molecule has 1 aromatic heterocycles. The number of aryl methyl sites for hydroxylation is 1. The van der Waals surface area contributed by atoms with Gasteiger partial charge in [0.2, 0.25) is 10.0 Å². The van der Waals surface area contributed by atoms with Crippen LogP contribution < -0.4 is 4.72 Å². The van der Waals surface area contributed by atoms with Crippen molar-refractivity contribution in [2.24, 2.45) is 0 Å². The first-order chi connectivity index (χ1) is 8.10. The van der Waals surface area contributed by atoms with E-state index in [9.17, 15) is 8.42 Å². The van der Waals surface area contributed by atoms with Crippen LogP contribution in [0.5, 0.6) is 0 Å². The molecule has 0 saturated heterocycles. The van der Waals surface area contributed by atoms with Crippen LogP contribution in [0.25, 0.3) is 0 Å². The quantitative estimate of drug-likeness (QED) is 0.719. The van der Waals surface area contributed by atoms with Crippen molar-refractivity contribution in [2.75, 3.05) is 6.54 Å². The zero-order valence-electron chi connectivity index (χ0n) is 9.70. The smallest absolute Gasteiger partial charge is 0.227 e. The normalized spacial score (nSPS) is 13.2. The van der Waals surface area contributed by atoms with Gasteiger partial charge < -0.3 is 0 Å². The molecule has 0 bridgehead atoms. The lowest BCUT2D eigenvalue weighted by Crippen LogP contribution is -2.34. The van der Waals surface area contributed by atoms with Gasteiger partial charge in [0, 0.05) is 25.5 Å². The summed E-state index contributed by atoms with van der Waals surface area (Å²) < 4.78 is 27.4. The summed E-state index contributed by atoms with van der Waals surface area (Å²) in [5.74, 6) is 0. The lowest BCUT2D eigenvalue weighted by Gasteiger charge is -2.09. The summed E-state index contributed by atoms with van der Waals surface area (Å²) in [7, 11) is -3.50. The first-order valence-corrected chi connectivity index (χ1v) is 7.00. The summed E-state index contributed by atoms with van der Waals surface area (Å²) in [6.07, 6.45) is 4.43. The van der Waals surface area contributed by atoms with Gasteiger partial charge in [-0.15, -0.1) is 0 Å². The average molecular weight is 256 g/mol. The molecule has 94 valence electrons. The molecule has 0 aliphatic rings. The topological polar surface area (TPSA) is 87.8 Å². The highest BCUT2D eigenvalue weighted by Crippen LogP contribution is 2.02. The second-order valence-corrected chi connectivity index (χ2v) is 5.54. The molecule has 1 atom stereocenters. The van der Waals surface area contributed by atoms with Crippen molar-refractivity contribution >= 4 is 10.0 Å². The van der Waals surface area contributed by atoms with Gasteiger partial charge in [0.15, 0.2) is 5.25 Å². The maximum absolute atomic E-state index is 11.6. The van der Waals surface area contributed by atoms with Crippen LogP contribution in [0.15, 0.2) is 18.5 Å². The predicted octanol–water partition coefficient (Wildman–Crippen LogP) is 0.495. The fourth-order valence-corrected chi connectivity index (χ4v) is 2.58. The number of nitrogens with one attached hydrogen (secondary N) is 1. The summed E-state index contributed by atoms with van der Waals surface area (Å²) >= 11 is 0. The zero-order chi connectivity index (χ0) is 12.7. The summed E-state index contributed by atoms with van der Waals surface area (Å²) in [4.78, 5) is 0. The van der Waals surface area contributed by atoms with Gasteiger partial charge in [-0.2, -0.15) is 10.4 Å². The van der Waals surface area contributed by atoms with Crippen LogP contribution in [0.1, 0.15) is 19.8 Å². The van der Waals surface area contributed by atoms with Crippen molar-refractivity contribution in [3.05, 3.63) is 18.5 Å². The second kappa shape index (κ2) is 6.37. The van der Waals surface area contributed by atoms with E-state index in [1.54, 1.807) is 23.9 Å². The van der Waals surface area contributed by atoms with E-state index in [1.165, 1.54) is 0 Å². The van der Waals surface area contributed by atoms with Gasteiger partial charge in [0.05, 0.1) is 6.07 Å². The predicted molar refractivity (Wildman–Crippen MR) is 63.5 cm³/mol. The van der Waals surface area contributed by atoms with Gasteiger partial charge >= 0.3 is 0 Å². The van der Waals surface area contributed by atoms with Crippen molar-refractivity contribution in [3.8, 4) is 6.07 Å². The van der Waals surface area contributed by atoms with Gasteiger partial charge in [-0.05, 0) is 18.9 Å². The summed E-state index contributed by atoms with van der Waals surface area (Å²) in [6.45, 7) is 2.65. The van der Waals surface area contributed by atoms with E-state index in [2.05, 4.69) is 9.82 Å². The van der Waals surface area contributed by atoms with Gasteiger partial charge in [-0.3, -0.25) is 4.68 Å². The van der Waals surface area contributed by atoms with Crippen molar-refractivity contribution in [3.63, 3.8) is 0 Å². The third-order valence-corrected chi connectivity index (χ3v) is 4.11. The maximum Gasteiger partial charge on any atom is 0.227 e. The summed E-state index contributed by atoms with van der Waals surface area (Å²) in [5, 5.41) is 11.7. The molecule has 17 heavy (non-hydrogen) atoms. The Balaban J connectivity index is 2.33. The molecule has 0 aliphatic carbocycles. The van der Waals surface area contributed by atoms with Crippen LogP contribution in [0, 0.1) is 11.3 Å². The molecule has 1 heterocycles. The third kappa shape index (κ3) is 4.17. The number of aromatic nitrogens is 2. The number of sulfonamides is 1. The summed E-state index contributed by atoms with van der Waals surface area (Å²) in [5.41, 5.74) is 0. The number of nitrogens with zero attached hydrogens (tertiary/aromatic N) is 3. The molecule has 1 aromatic rings. The number of rotatable bonds is 7. The molecular weight excluding hydrogens is 240 g/mol. The van der Waals surface area contributed by atoms with Crippen molar-refractivity contribution < 1.29 is 8.42 Å². The second-order valence-electron chi connectivity index (χ2n) is 3.59. The van der Waals surface area contributed by atoms with Crippen LogP contribution in [-0.4, -0.2) is 30.0 Å². The van der Waals surface area contributed by atoms with E-state index in [0.717, 1.165) is 0 Å². The van der Waals surface area contributed by atoms with E-state index >= 15 is 0 Å². The minimum absolute atomic E-state index is 0.297. The van der Waals surface area contributed by atoms with E-state index in [1.807, 2.05) is 12.3 Å². The Hall–Kier alpha value is -1.39. The maximum atomic E-state index is 11.6. The van der Waals surface area contributed by atoms with E-state index in [4.69, 9.17) is 5.26 Å². The molecule has 0 saturated carbocycles. The zero-order valence-corrected chi connectivity index (χ0v) is 10.5. The molecule has 0 spiro atoms. The molecule has 0 amide bonds. The fraction of sp³-hybridized carbons (Fsp3) is 0.600. The molecule has 0 aromatic carbocycles. The Morgan fingerprint density at radius 2 is 2.35 bits per heavy atom. The largest absolute Gasteiger partial charge is 0.273 e. The van der Waals surface area contributed by atoms with Gasteiger partial charge in [-0.1, -0.05) is 6.92 Å². The average Bonchev–Trinajstić information content (AvgIpc) is 2.78. The Labute approximate surface area is 101 Å². The SMILES string of the molecule is CCC(C#N)S(=O)(=O)NCCCn1cccn1. The Morgan fingerprint density at radius 1 is 1.59 bits per heavy atom. The summed E-state index contributed by atoms with van der Waals surface area (Å²) in [6, 6.07) is 3.59. The van der Waals surface area contributed by atoms with Gasteiger partial charge in [-0.25, -0.2) is 13.1 Å². The van der Waals surface area contributed by atoms with Gasteiger partial charge in [0.25, 0.3) is 0 Å². The molecule has 0 fully saturated rings. The lowest BCUT2D eigenvalue weighted by molar-refractivity contribution is 0.548. The van der Waals surface area contributed by atoms with Crippen LogP contribution in [-0.2, 0) is 16.6 Å². The molecule has 0 radical (unpaired) electrons. The van der Waals surface area contributed by atoms with Crippen LogP contribution in [0.2, 0.25) is 0 Å². The molecule has 1 unspecified atom stereocenters. The number of hydrogen-bond donors (Lipinski definition) is 1. The van der Waals surface area contributed by atoms with Crippen molar-refractivity contribution in [1.82, 2.24) is 14.5 Å². The first kappa shape index (κ1) is 13.7. The van der Waals surface area contributed by atoms with Crippen LogP contribution >= 0.6 is 0 Å². The van der Waals surface area contributed by atoms with Crippen molar-refractivity contribution in [2.45, 2.75) is 31.6 Å². The molecule has 1 rings (SSSR count). The van der Waals surface area contributed by atoms with E-state index < -0.39 is 15.3 Å². The molecule has 7 heteroatoms. The Bertz CT molecular complexity index is 461. The lowest BCUT2D eigenvalue weighted by atomic mass is 10.4. The van der Waals surface area contributed by atoms with Crippen LogP contribution in [0.3, 0.4) is 0 Å². The minimum atomic E-state index is -3.50. The molecule has 6 nitrogen and oxygen atoms in total. The van der Waals surface area contributed by atoms with Gasteiger partial charge in [0.1, 0.15) is 0 Å². The minimum Gasteiger partial charge on any atom is -0.273 e.